The molecule has 0 saturated carbocycles. The summed E-state index contributed by atoms with van der Waals surface area (Å²) in [5.74, 6) is 0.389. The number of halogens is 1. The molecule has 0 aromatic heterocycles. The molecule has 0 fully saturated rings. The Morgan fingerprint density at radius 2 is 2.06 bits per heavy atom. The molecule has 0 aliphatic heterocycles. The minimum absolute atomic E-state index is 0.0328. The Labute approximate surface area is 101 Å². The van der Waals surface area contributed by atoms with E-state index in [4.69, 9.17) is 11.6 Å². The summed E-state index contributed by atoms with van der Waals surface area (Å²) in [4.78, 5) is 11.7. The van der Waals surface area contributed by atoms with Crippen molar-refractivity contribution < 1.29 is 4.79 Å². The van der Waals surface area contributed by atoms with Gasteiger partial charge in [-0.2, -0.15) is 0 Å². The van der Waals surface area contributed by atoms with Crippen LogP contribution in [0.1, 0.15) is 18.4 Å². The highest BCUT2D eigenvalue weighted by molar-refractivity contribution is 6.18. The van der Waals surface area contributed by atoms with Crippen LogP contribution in [0.5, 0.6) is 0 Å². The SMILES string of the molecule is CC(C(=O)NC/C=C/CCl)c1ccccc1. The average Bonchev–Trinajstić information content (AvgIpc) is 2.34. The van der Waals surface area contributed by atoms with Gasteiger partial charge in [-0.15, -0.1) is 11.6 Å². The van der Waals surface area contributed by atoms with E-state index in [-0.39, 0.29) is 11.8 Å². The van der Waals surface area contributed by atoms with Crippen LogP contribution < -0.4 is 5.32 Å². The summed E-state index contributed by atoms with van der Waals surface area (Å²) >= 11 is 5.48. The van der Waals surface area contributed by atoms with Gasteiger partial charge in [-0.1, -0.05) is 42.5 Å². The quantitative estimate of drug-likeness (QED) is 0.619. The zero-order valence-corrected chi connectivity index (χ0v) is 10.1. The van der Waals surface area contributed by atoms with Gasteiger partial charge in [-0.05, 0) is 12.5 Å². The first kappa shape index (κ1) is 12.8. The number of hydrogen-bond acceptors (Lipinski definition) is 1. The number of carbonyl (C=O) groups excluding carboxylic acids is 1. The van der Waals surface area contributed by atoms with Gasteiger partial charge >= 0.3 is 0 Å². The molecule has 1 N–H and O–H groups in total. The Hall–Kier alpha value is -1.28. The largest absolute Gasteiger partial charge is 0.352 e. The maximum atomic E-state index is 11.7. The molecule has 0 bridgehead atoms. The first-order chi connectivity index (χ1) is 7.75. The Morgan fingerprint density at radius 3 is 2.69 bits per heavy atom. The van der Waals surface area contributed by atoms with E-state index in [0.29, 0.717) is 12.4 Å². The van der Waals surface area contributed by atoms with Crippen LogP contribution in [0.25, 0.3) is 0 Å². The molecule has 2 nitrogen and oxygen atoms in total. The van der Waals surface area contributed by atoms with E-state index >= 15 is 0 Å². The van der Waals surface area contributed by atoms with E-state index in [1.165, 1.54) is 0 Å². The van der Waals surface area contributed by atoms with Crippen molar-refractivity contribution in [2.45, 2.75) is 12.8 Å². The predicted molar refractivity (Wildman–Crippen MR) is 67.7 cm³/mol. The van der Waals surface area contributed by atoms with Gasteiger partial charge in [0.2, 0.25) is 5.91 Å². The summed E-state index contributed by atoms with van der Waals surface area (Å²) in [6.07, 6.45) is 3.66. The Bertz CT molecular complexity index is 348. The molecule has 1 aromatic carbocycles. The third kappa shape index (κ3) is 4.07. The number of amides is 1. The molecule has 1 atom stereocenters. The smallest absolute Gasteiger partial charge is 0.227 e. The van der Waals surface area contributed by atoms with Crippen LogP contribution in [-0.4, -0.2) is 18.3 Å². The highest BCUT2D eigenvalue weighted by Crippen LogP contribution is 2.13. The van der Waals surface area contributed by atoms with Crippen LogP contribution >= 0.6 is 11.6 Å². The highest BCUT2D eigenvalue weighted by Gasteiger charge is 2.13. The number of alkyl halides is 1. The van der Waals surface area contributed by atoms with Crippen molar-refractivity contribution in [2.24, 2.45) is 0 Å². The average molecular weight is 238 g/mol. The molecular weight excluding hydrogens is 222 g/mol. The van der Waals surface area contributed by atoms with Gasteiger partial charge < -0.3 is 5.32 Å². The van der Waals surface area contributed by atoms with Gasteiger partial charge in [0.1, 0.15) is 0 Å². The summed E-state index contributed by atoms with van der Waals surface area (Å²) in [6, 6.07) is 9.73. The van der Waals surface area contributed by atoms with Gasteiger partial charge in [0, 0.05) is 12.4 Å². The molecule has 16 heavy (non-hydrogen) atoms. The lowest BCUT2D eigenvalue weighted by molar-refractivity contribution is -0.121. The van der Waals surface area contributed by atoms with Crippen molar-refractivity contribution in [1.29, 1.82) is 0 Å². The zero-order chi connectivity index (χ0) is 11.8. The lowest BCUT2D eigenvalue weighted by Crippen LogP contribution is -2.28. The number of nitrogens with one attached hydrogen (secondary N) is 1. The zero-order valence-electron chi connectivity index (χ0n) is 9.32. The molecule has 0 saturated heterocycles. The van der Waals surface area contributed by atoms with Crippen LogP contribution in [0.3, 0.4) is 0 Å². The van der Waals surface area contributed by atoms with E-state index in [9.17, 15) is 4.79 Å². The van der Waals surface area contributed by atoms with Crippen LogP contribution in [0.4, 0.5) is 0 Å². The topological polar surface area (TPSA) is 29.1 Å². The lowest BCUT2D eigenvalue weighted by Gasteiger charge is -2.11. The summed E-state index contributed by atoms with van der Waals surface area (Å²) in [6.45, 7) is 2.43. The highest BCUT2D eigenvalue weighted by atomic mass is 35.5. The number of rotatable bonds is 5. The second-order valence-corrected chi connectivity index (χ2v) is 3.81. The molecule has 1 rings (SSSR count). The Balaban J connectivity index is 2.45. The minimum Gasteiger partial charge on any atom is -0.352 e. The molecule has 0 spiro atoms. The molecule has 1 unspecified atom stereocenters. The van der Waals surface area contributed by atoms with E-state index < -0.39 is 0 Å². The van der Waals surface area contributed by atoms with Crippen molar-refractivity contribution in [3.8, 4) is 0 Å². The second-order valence-electron chi connectivity index (χ2n) is 3.50. The van der Waals surface area contributed by atoms with Crippen molar-refractivity contribution in [2.75, 3.05) is 12.4 Å². The molecule has 0 heterocycles. The molecule has 0 aliphatic carbocycles. The first-order valence-corrected chi connectivity index (χ1v) is 5.82. The molecule has 0 radical (unpaired) electrons. The van der Waals surface area contributed by atoms with E-state index in [1.807, 2.05) is 49.4 Å². The third-order valence-corrected chi connectivity index (χ3v) is 2.52. The fraction of sp³-hybridized carbons (Fsp3) is 0.308. The molecular formula is C13H16ClNO. The normalized spacial score (nSPS) is 12.6. The number of carbonyl (C=O) groups is 1. The maximum Gasteiger partial charge on any atom is 0.227 e. The van der Waals surface area contributed by atoms with Crippen LogP contribution in [0, 0.1) is 0 Å². The summed E-state index contributed by atoms with van der Waals surface area (Å²) in [5, 5.41) is 2.83. The minimum atomic E-state index is -0.120. The lowest BCUT2D eigenvalue weighted by atomic mass is 10.0. The van der Waals surface area contributed by atoms with Gasteiger partial charge in [0.15, 0.2) is 0 Å². The second kappa shape index (κ2) is 7.07. The van der Waals surface area contributed by atoms with Gasteiger partial charge in [-0.3, -0.25) is 4.79 Å². The number of benzene rings is 1. The van der Waals surface area contributed by atoms with Crippen LogP contribution in [0.2, 0.25) is 0 Å². The molecule has 86 valence electrons. The van der Waals surface area contributed by atoms with Crippen molar-refractivity contribution >= 4 is 17.5 Å². The number of hydrogen-bond donors (Lipinski definition) is 1. The van der Waals surface area contributed by atoms with Gasteiger partial charge in [0.25, 0.3) is 0 Å². The Kier molecular flexibility index (Phi) is 5.65. The molecule has 1 amide bonds. The van der Waals surface area contributed by atoms with Crippen molar-refractivity contribution in [3.05, 3.63) is 48.0 Å². The van der Waals surface area contributed by atoms with Crippen LogP contribution in [-0.2, 0) is 4.79 Å². The van der Waals surface area contributed by atoms with E-state index in [1.54, 1.807) is 0 Å². The summed E-state index contributed by atoms with van der Waals surface area (Å²) < 4.78 is 0. The van der Waals surface area contributed by atoms with Gasteiger partial charge in [0.05, 0.1) is 5.92 Å². The van der Waals surface area contributed by atoms with Crippen LogP contribution in [0.15, 0.2) is 42.5 Å². The molecule has 3 heteroatoms. The number of allylic oxidation sites excluding steroid dienone is 1. The first-order valence-electron chi connectivity index (χ1n) is 5.29. The van der Waals surface area contributed by atoms with Gasteiger partial charge in [-0.25, -0.2) is 0 Å². The third-order valence-electron chi connectivity index (χ3n) is 2.34. The summed E-state index contributed by atoms with van der Waals surface area (Å²) in [5.41, 5.74) is 1.03. The fourth-order valence-corrected chi connectivity index (χ4v) is 1.48. The van der Waals surface area contributed by atoms with E-state index in [2.05, 4.69) is 5.32 Å². The maximum absolute atomic E-state index is 11.7. The fourth-order valence-electron chi connectivity index (χ4n) is 1.35. The molecule has 0 aliphatic rings. The Morgan fingerprint density at radius 1 is 1.38 bits per heavy atom. The van der Waals surface area contributed by atoms with E-state index in [0.717, 1.165) is 5.56 Å². The standard InChI is InChI=1S/C13H16ClNO/c1-11(12-7-3-2-4-8-12)13(16)15-10-6-5-9-14/h2-8,11H,9-10H2,1H3,(H,15,16)/b6-5+. The monoisotopic (exact) mass is 237 g/mol. The molecule has 1 aromatic rings. The predicted octanol–water partition coefficient (Wildman–Crippen LogP) is 2.70. The van der Waals surface area contributed by atoms with Crippen molar-refractivity contribution in [1.82, 2.24) is 5.32 Å². The van der Waals surface area contributed by atoms with Crippen molar-refractivity contribution in [3.63, 3.8) is 0 Å². The summed E-state index contributed by atoms with van der Waals surface area (Å²) in [7, 11) is 0.